The second kappa shape index (κ2) is 5.67. The molecule has 0 saturated carbocycles. The topological polar surface area (TPSA) is 25.8 Å². The van der Waals surface area contributed by atoms with E-state index in [1.807, 2.05) is 11.4 Å². The summed E-state index contributed by atoms with van der Waals surface area (Å²) in [7, 11) is 0. The lowest BCUT2D eigenvalue weighted by atomic mass is 9.90. The third kappa shape index (κ3) is 2.47. The molecule has 0 radical (unpaired) electrons. The molecule has 2 aromatic heterocycles. The molecule has 0 fully saturated rings. The average molecular weight is 325 g/mol. The number of halogens is 1. The average Bonchev–Trinajstić information content (AvgIpc) is 3.03. The third-order valence-corrected chi connectivity index (χ3v) is 4.86. The van der Waals surface area contributed by atoms with Crippen LogP contribution in [0.25, 0.3) is 15.8 Å². The van der Waals surface area contributed by atoms with Crippen molar-refractivity contribution in [1.29, 1.82) is 0 Å². The van der Waals surface area contributed by atoms with Gasteiger partial charge in [0.1, 0.15) is 4.83 Å². The van der Waals surface area contributed by atoms with Gasteiger partial charge in [-0.25, -0.2) is 9.97 Å². The van der Waals surface area contributed by atoms with Gasteiger partial charge in [0.15, 0.2) is 0 Å². The van der Waals surface area contributed by atoms with Crippen molar-refractivity contribution in [3.63, 3.8) is 0 Å². The normalized spacial score (nSPS) is 17.7. The van der Waals surface area contributed by atoms with E-state index in [0.29, 0.717) is 5.28 Å². The summed E-state index contributed by atoms with van der Waals surface area (Å²) in [6, 6.07) is 12.5. The monoisotopic (exact) mass is 324 g/mol. The number of hydrogen-bond donors (Lipinski definition) is 0. The molecule has 2 heterocycles. The maximum absolute atomic E-state index is 6.07. The molecule has 4 heteroatoms. The quantitative estimate of drug-likeness (QED) is 0.584. The largest absolute Gasteiger partial charge is 0.223 e. The van der Waals surface area contributed by atoms with Crippen molar-refractivity contribution in [3.05, 3.63) is 76.5 Å². The van der Waals surface area contributed by atoms with Gasteiger partial charge in [-0.15, -0.1) is 11.3 Å². The van der Waals surface area contributed by atoms with Crippen LogP contribution >= 0.6 is 22.9 Å². The Morgan fingerprint density at radius 3 is 2.73 bits per heavy atom. The molecule has 0 saturated heterocycles. The summed E-state index contributed by atoms with van der Waals surface area (Å²) < 4.78 is 0. The zero-order valence-electron chi connectivity index (χ0n) is 11.7. The summed E-state index contributed by atoms with van der Waals surface area (Å²) in [6.45, 7) is 0. The smallest absolute Gasteiger partial charge is 0.222 e. The van der Waals surface area contributed by atoms with Crippen LogP contribution in [-0.4, -0.2) is 9.97 Å². The molecule has 0 bridgehead atoms. The van der Waals surface area contributed by atoms with Gasteiger partial charge in [0.05, 0.1) is 5.69 Å². The molecule has 0 amide bonds. The third-order valence-electron chi connectivity index (χ3n) is 3.89. The van der Waals surface area contributed by atoms with Crippen molar-refractivity contribution in [2.24, 2.45) is 0 Å². The Morgan fingerprint density at radius 2 is 1.95 bits per heavy atom. The van der Waals surface area contributed by atoms with E-state index in [0.717, 1.165) is 22.3 Å². The number of rotatable bonds is 2. The Hall–Kier alpha value is -1.97. The number of fused-ring (bicyclic) bond motifs is 1. The van der Waals surface area contributed by atoms with Crippen molar-refractivity contribution < 1.29 is 0 Å². The highest BCUT2D eigenvalue weighted by Gasteiger charge is 2.18. The lowest BCUT2D eigenvalue weighted by molar-refractivity contribution is 0.824. The fraction of sp³-hybridized carbons (Fsp3) is 0.111. The molecule has 1 aromatic carbocycles. The molecule has 4 rings (SSSR count). The second-order valence-corrected chi connectivity index (χ2v) is 6.48. The Balaban J connectivity index is 1.68. The summed E-state index contributed by atoms with van der Waals surface area (Å²) in [5.41, 5.74) is 3.54. The standard InChI is InChI=1S/C18H13ClN2S/c19-18-20-16(15-10-11-22-17(15)21-18)14-8-6-13(7-9-14)12-4-2-1-3-5-12/h1-8,10-11,14H,9H2. The molecular formula is C18H13ClN2S. The Morgan fingerprint density at radius 1 is 1.09 bits per heavy atom. The van der Waals surface area contributed by atoms with E-state index in [1.54, 1.807) is 11.3 Å². The molecule has 108 valence electrons. The van der Waals surface area contributed by atoms with Crippen LogP contribution in [0.4, 0.5) is 0 Å². The molecule has 1 unspecified atom stereocenters. The maximum atomic E-state index is 6.07. The highest BCUT2D eigenvalue weighted by Crippen LogP contribution is 2.34. The molecule has 0 aliphatic heterocycles. The first-order valence-corrected chi connectivity index (χ1v) is 8.41. The molecular weight excluding hydrogens is 312 g/mol. The number of aromatic nitrogens is 2. The van der Waals surface area contributed by atoms with Crippen molar-refractivity contribution in [3.8, 4) is 0 Å². The van der Waals surface area contributed by atoms with E-state index in [-0.39, 0.29) is 5.92 Å². The number of hydrogen-bond acceptors (Lipinski definition) is 3. The first-order chi connectivity index (χ1) is 10.8. The Labute approximate surface area is 137 Å². The minimum Gasteiger partial charge on any atom is -0.222 e. The van der Waals surface area contributed by atoms with Crippen LogP contribution in [-0.2, 0) is 0 Å². The van der Waals surface area contributed by atoms with E-state index in [1.165, 1.54) is 11.1 Å². The SMILES string of the molecule is Clc1nc(C2C=CC(c3ccccc3)=CC2)c2ccsc2n1. The first kappa shape index (κ1) is 13.7. The van der Waals surface area contributed by atoms with E-state index in [9.17, 15) is 0 Å². The zero-order valence-corrected chi connectivity index (χ0v) is 13.3. The highest BCUT2D eigenvalue weighted by molar-refractivity contribution is 7.16. The molecule has 1 aliphatic rings. The van der Waals surface area contributed by atoms with Crippen molar-refractivity contribution >= 4 is 38.7 Å². The highest BCUT2D eigenvalue weighted by atomic mass is 35.5. The maximum Gasteiger partial charge on any atom is 0.223 e. The molecule has 0 spiro atoms. The van der Waals surface area contributed by atoms with Crippen molar-refractivity contribution in [2.75, 3.05) is 0 Å². The summed E-state index contributed by atoms with van der Waals surface area (Å²) in [5, 5.41) is 3.48. The summed E-state index contributed by atoms with van der Waals surface area (Å²) in [5.74, 6) is 0.255. The number of nitrogens with zero attached hydrogens (tertiary/aromatic N) is 2. The van der Waals surface area contributed by atoms with Crippen LogP contribution in [0.5, 0.6) is 0 Å². The summed E-state index contributed by atoms with van der Waals surface area (Å²) in [6.07, 6.45) is 7.60. The van der Waals surface area contributed by atoms with Crippen LogP contribution in [0.3, 0.4) is 0 Å². The van der Waals surface area contributed by atoms with Crippen LogP contribution < -0.4 is 0 Å². The fourth-order valence-corrected chi connectivity index (χ4v) is 3.80. The van der Waals surface area contributed by atoms with E-state index < -0.39 is 0 Å². The van der Waals surface area contributed by atoms with Crippen LogP contribution in [0.1, 0.15) is 23.6 Å². The van der Waals surface area contributed by atoms with Crippen LogP contribution in [0, 0.1) is 0 Å². The lowest BCUT2D eigenvalue weighted by Crippen LogP contribution is -2.03. The van der Waals surface area contributed by atoms with Gasteiger partial charge in [-0.2, -0.15) is 0 Å². The van der Waals surface area contributed by atoms with E-state index >= 15 is 0 Å². The van der Waals surface area contributed by atoms with Gasteiger partial charge < -0.3 is 0 Å². The molecule has 3 aromatic rings. The van der Waals surface area contributed by atoms with Crippen molar-refractivity contribution in [1.82, 2.24) is 9.97 Å². The van der Waals surface area contributed by atoms with Crippen molar-refractivity contribution in [2.45, 2.75) is 12.3 Å². The molecule has 1 aliphatic carbocycles. The Kier molecular flexibility index (Phi) is 3.53. The number of allylic oxidation sites excluding steroid dienone is 4. The van der Waals surface area contributed by atoms with Crippen LogP contribution in [0.2, 0.25) is 5.28 Å². The van der Waals surface area contributed by atoms with E-state index in [4.69, 9.17) is 11.6 Å². The van der Waals surface area contributed by atoms with Gasteiger partial charge in [-0.1, -0.05) is 48.6 Å². The van der Waals surface area contributed by atoms with Gasteiger partial charge in [0.2, 0.25) is 5.28 Å². The molecule has 0 N–H and O–H groups in total. The molecule has 22 heavy (non-hydrogen) atoms. The Bertz CT molecular complexity index is 880. The predicted molar refractivity (Wildman–Crippen MR) is 93.3 cm³/mol. The fourth-order valence-electron chi connectivity index (χ4n) is 2.80. The van der Waals surface area contributed by atoms with Gasteiger partial charge in [0, 0.05) is 11.3 Å². The van der Waals surface area contributed by atoms with Gasteiger partial charge in [0.25, 0.3) is 0 Å². The molecule has 1 atom stereocenters. The number of benzene rings is 1. The first-order valence-electron chi connectivity index (χ1n) is 7.16. The zero-order chi connectivity index (χ0) is 14.9. The van der Waals surface area contributed by atoms with Gasteiger partial charge >= 0.3 is 0 Å². The van der Waals surface area contributed by atoms with Crippen LogP contribution in [0.15, 0.2) is 60.0 Å². The minimum absolute atomic E-state index is 0.255. The number of thiophene rings is 1. The summed E-state index contributed by atoms with van der Waals surface area (Å²) in [4.78, 5) is 9.72. The lowest BCUT2D eigenvalue weighted by Gasteiger charge is -2.17. The van der Waals surface area contributed by atoms with Gasteiger partial charge in [-0.3, -0.25) is 0 Å². The summed E-state index contributed by atoms with van der Waals surface area (Å²) >= 11 is 7.67. The van der Waals surface area contributed by atoms with E-state index in [2.05, 4.69) is 58.5 Å². The molecule has 2 nitrogen and oxygen atoms in total. The second-order valence-electron chi connectivity index (χ2n) is 5.24. The van der Waals surface area contributed by atoms with Gasteiger partial charge in [-0.05, 0) is 40.6 Å². The minimum atomic E-state index is 0.255. The predicted octanol–water partition coefficient (Wildman–Crippen LogP) is 5.47.